The topological polar surface area (TPSA) is 39.2 Å². The summed E-state index contributed by atoms with van der Waals surface area (Å²) >= 11 is 5.96. The maximum atomic E-state index is 11.9. The Morgan fingerprint density at radius 2 is 2.11 bits per heavy atom. The highest BCUT2D eigenvalue weighted by molar-refractivity contribution is 6.29. The van der Waals surface area contributed by atoms with E-state index < -0.39 is 0 Å². The molecule has 1 saturated carbocycles. The Labute approximate surface area is 113 Å². The minimum atomic E-state index is -0.309. The van der Waals surface area contributed by atoms with Gasteiger partial charge in [0.15, 0.2) is 0 Å². The summed E-state index contributed by atoms with van der Waals surface area (Å²) in [5, 5.41) is 0.334. The van der Waals surface area contributed by atoms with Crippen LogP contribution in [0.2, 0.25) is 5.15 Å². The van der Waals surface area contributed by atoms with Crippen molar-refractivity contribution >= 4 is 17.6 Å². The van der Waals surface area contributed by atoms with Crippen molar-refractivity contribution in [2.75, 3.05) is 6.61 Å². The van der Waals surface area contributed by atoms with E-state index in [0.29, 0.717) is 23.2 Å². The van der Waals surface area contributed by atoms with Gasteiger partial charge >= 0.3 is 5.97 Å². The summed E-state index contributed by atoms with van der Waals surface area (Å²) in [6, 6.07) is 3.33. The van der Waals surface area contributed by atoms with Crippen molar-refractivity contribution in [3.63, 3.8) is 0 Å². The molecule has 0 unspecified atom stereocenters. The molecule has 1 fully saturated rings. The van der Waals surface area contributed by atoms with Gasteiger partial charge in [-0.1, -0.05) is 32.4 Å². The Morgan fingerprint density at radius 3 is 2.67 bits per heavy atom. The van der Waals surface area contributed by atoms with Crippen LogP contribution in [-0.4, -0.2) is 17.6 Å². The number of halogens is 1. The number of nitrogens with zero attached hydrogens (tertiary/aromatic N) is 1. The summed E-state index contributed by atoms with van der Waals surface area (Å²) in [6.07, 6.45) is 2.33. The summed E-state index contributed by atoms with van der Waals surface area (Å²) in [5.41, 5.74) is 1.14. The molecule has 0 bridgehead atoms. The van der Waals surface area contributed by atoms with E-state index >= 15 is 0 Å². The molecule has 0 N–H and O–H groups in total. The highest BCUT2D eigenvalue weighted by atomic mass is 35.5. The maximum absolute atomic E-state index is 11.9. The van der Waals surface area contributed by atoms with Crippen LogP contribution in [0.15, 0.2) is 12.1 Å². The number of aromatic nitrogens is 1. The van der Waals surface area contributed by atoms with Crippen LogP contribution in [0, 0.1) is 5.92 Å². The Morgan fingerprint density at radius 1 is 1.44 bits per heavy atom. The minimum absolute atomic E-state index is 0.142. The third-order valence-electron chi connectivity index (χ3n) is 2.95. The number of ether oxygens (including phenoxy) is 1. The summed E-state index contributed by atoms with van der Waals surface area (Å²) < 4.78 is 5.25. The largest absolute Gasteiger partial charge is 0.462 e. The average Bonchev–Trinajstić information content (AvgIpc) is 3.07. The van der Waals surface area contributed by atoms with Crippen LogP contribution in [0.3, 0.4) is 0 Å². The third-order valence-corrected chi connectivity index (χ3v) is 3.14. The molecule has 4 heteroatoms. The standard InChI is InChI=1S/C14H18ClNO2/c1-14(2,3)11-6-10(7-12(15)16-11)13(17)18-8-9-4-5-9/h6-7,9H,4-5,8H2,1-3H3. The summed E-state index contributed by atoms with van der Waals surface area (Å²) in [4.78, 5) is 16.2. The summed E-state index contributed by atoms with van der Waals surface area (Å²) in [6.45, 7) is 6.62. The van der Waals surface area contributed by atoms with E-state index in [9.17, 15) is 4.79 Å². The van der Waals surface area contributed by atoms with Gasteiger partial charge in [-0.15, -0.1) is 0 Å². The highest BCUT2D eigenvalue weighted by Crippen LogP contribution is 2.29. The van der Waals surface area contributed by atoms with E-state index in [1.54, 1.807) is 12.1 Å². The van der Waals surface area contributed by atoms with Crippen molar-refractivity contribution in [2.24, 2.45) is 5.92 Å². The van der Waals surface area contributed by atoms with E-state index in [2.05, 4.69) is 4.98 Å². The zero-order chi connectivity index (χ0) is 13.3. The fraction of sp³-hybridized carbons (Fsp3) is 0.571. The number of rotatable bonds is 3. The monoisotopic (exact) mass is 267 g/mol. The van der Waals surface area contributed by atoms with Gasteiger partial charge in [0.25, 0.3) is 0 Å². The molecule has 1 aromatic rings. The first kappa shape index (κ1) is 13.3. The second kappa shape index (κ2) is 4.88. The Bertz CT molecular complexity index is 461. The van der Waals surface area contributed by atoms with E-state index in [-0.39, 0.29) is 11.4 Å². The van der Waals surface area contributed by atoms with Crippen LogP contribution in [0.25, 0.3) is 0 Å². The molecule has 0 saturated heterocycles. The maximum Gasteiger partial charge on any atom is 0.338 e. The molecule has 0 aliphatic heterocycles. The fourth-order valence-electron chi connectivity index (χ4n) is 1.56. The predicted molar refractivity (Wildman–Crippen MR) is 71.0 cm³/mol. The molecule has 1 heterocycles. The molecule has 0 radical (unpaired) electrons. The fourth-order valence-corrected chi connectivity index (χ4v) is 1.77. The van der Waals surface area contributed by atoms with Gasteiger partial charge in [0.1, 0.15) is 5.15 Å². The van der Waals surface area contributed by atoms with E-state index in [4.69, 9.17) is 16.3 Å². The van der Waals surface area contributed by atoms with E-state index in [1.807, 2.05) is 20.8 Å². The second-order valence-corrected chi connectivity index (χ2v) is 6.24. The van der Waals surface area contributed by atoms with Crippen molar-refractivity contribution in [3.05, 3.63) is 28.5 Å². The van der Waals surface area contributed by atoms with Crippen molar-refractivity contribution in [2.45, 2.75) is 39.0 Å². The summed E-state index contributed by atoms with van der Waals surface area (Å²) in [5.74, 6) is 0.255. The zero-order valence-electron chi connectivity index (χ0n) is 11.0. The number of carbonyl (C=O) groups is 1. The van der Waals surface area contributed by atoms with Gasteiger partial charge < -0.3 is 4.74 Å². The third kappa shape index (κ3) is 3.45. The van der Waals surface area contributed by atoms with Crippen molar-refractivity contribution in [3.8, 4) is 0 Å². The molecule has 1 aliphatic carbocycles. The van der Waals surface area contributed by atoms with Gasteiger partial charge in [-0.05, 0) is 30.9 Å². The lowest BCUT2D eigenvalue weighted by Gasteiger charge is -2.18. The SMILES string of the molecule is CC(C)(C)c1cc(C(=O)OCC2CC2)cc(Cl)n1. The molecule has 98 valence electrons. The normalized spacial score (nSPS) is 15.6. The van der Waals surface area contributed by atoms with E-state index in [1.165, 1.54) is 0 Å². The van der Waals surface area contributed by atoms with Gasteiger partial charge in [-0.25, -0.2) is 9.78 Å². The number of hydrogen-bond acceptors (Lipinski definition) is 3. The van der Waals surface area contributed by atoms with Gasteiger partial charge in [0.05, 0.1) is 12.2 Å². The van der Waals surface area contributed by atoms with Crippen LogP contribution < -0.4 is 0 Å². The van der Waals surface area contributed by atoms with Crippen LogP contribution in [0.4, 0.5) is 0 Å². The first-order valence-corrected chi connectivity index (χ1v) is 6.59. The lowest BCUT2D eigenvalue weighted by molar-refractivity contribution is 0.0486. The minimum Gasteiger partial charge on any atom is -0.462 e. The Kier molecular flexibility index (Phi) is 3.62. The highest BCUT2D eigenvalue weighted by Gasteiger charge is 2.24. The molecule has 1 aromatic heterocycles. The summed E-state index contributed by atoms with van der Waals surface area (Å²) in [7, 11) is 0. The number of hydrogen-bond donors (Lipinski definition) is 0. The zero-order valence-corrected chi connectivity index (χ0v) is 11.8. The van der Waals surface area contributed by atoms with Gasteiger partial charge in [-0.3, -0.25) is 0 Å². The first-order valence-electron chi connectivity index (χ1n) is 6.21. The van der Waals surface area contributed by atoms with Gasteiger partial charge in [0, 0.05) is 11.1 Å². The molecule has 0 aromatic carbocycles. The number of esters is 1. The quantitative estimate of drug-likeness (QED) is 0.620. The Hall–Kier alpha value is -1.09. The van der Waals surface area contributed by atoms with Crippen LogP contribution in [0.5, 0.6) is 0 Å². The molecule has 3 nitrogen and oxygen atoms in total. The van der Waals surface area contributed by atoms with Crippen molar-refractivity contribution in [1.29, 1.82) is 0 Å². The molecule has 18 heavy (non-hydrogen) atoms. The molecule has 2 rings (SSSR count). The molecular weight excluding hydrogens is 250 g/mol. The predicted octanol–water partition coefficient (Wildman–Crippen LogP) is 3.60. The molecular formula is C14H18ClNO2. The van der Waals surface area contributed by atoms with Crippen molar-refractivity contribution < 1.29 is 9.53 Å². The molecule has 0 amide bonds. The smallest absolute Gasteiger partial charge is 0.338 e. The second-order valence-electron chi connectivity index (χ2n) is 5.86. The van der Waals surface area contributed by atoms with Gasteiger partial charge in [-0.2, -0.15) is 0 Å². The lowest BCUT2D eigenvalue weighted by Crippen LogP contribution is -2.16. The molecule has 0 atom stereocenters. The lowest BCUT2D eigenvalue weighted by atomic mass is 9.91. The Balaban J connectivity index is 2.15. The molecule has 0 spiro atoms. The van der Waals surface area contributed by atoms with Crippen LogP contribution in [0.1, 0.15) is 49.7 Å². The number of pyridine rings is 1. The van der Waals surface area contributed by atoms with Crippen LogP contribution in [-0.2, 0) is 10.2 Å². The first-order chi connectivity index (χ1) is 8.36. The van der Waals surface area contributed by atoms with Crippen molar-refractivity contribution in [1.82, 2.24) is 4.98 Å². The molecule has 1 aliphatic rings. The number of carbonyl (C=O) groups excluding carboxylic acids is 1. The van der Waals surface area contributed by atoms with Crippen LogP contribution >= 0.6 is 11.6 Å². The average molecular weight is 268 g/mol. The van der Waals surface area contributed by atoms with E-state index in [0.717, 1.165) is 18.5 Å². The van der Waals surface area contributed by atoms with Gasteiger partial charge in [0.2, 0.25) is 0 Å².